The molecule has 116 valence electrons. The number of hydrogen-bond acceptors (Lipinski definition) is 3. The third-order valence-corrected chi connectivity index (χ3v) is 3.88. The molecule has 1 heterocycles. The molecular formula is C19H22O3. The molecular weight excluding hydrogens is 276 g/mol. The summed E-state index contributed by atoms with van der Waals surface area (Å²) in [5.74, 6) is 0.296. The van der Waals surface area contributed by atoms with E-state index in [0.717, 1.165) is 29.7 Å². The molecule has 0 N–H and O–H groups in total. The van der Waals surface area contributed by atoms with Gasteiger partial charge in [-0.1, -0.05) is 43.7 Å². The van der Waals surface area contributed by atoms with Gasteiger partial charge >= 0.3 is 0 Å². The monoisotopic (exact) mass is 298 g/mol. The Kier molecular flexibility index (Phi) is 4.76. The molecule has 2 aromatic carbocycles. The van der Waals surface area contributed by atoms with E-state index in [0.29, 0.717) is 19.8 Å². The SMILES string of the molecule is CCCC1(c2ccc(OCc3ccccc3)cc2)OCCO1. The summed E-state index contributed by atoms with van der Waals surface area (Å²) < 4.78 is 17.6. The molecule has 2 aromatic rings. The van der Waals surface area contributed by atoms with Gasteiger partial charge in [-0.25, -0.2) is 0 Å². The van der Waals surface area contributed by atoms with E-state index in [1.54, 1.807) is 0 Å². The normalized spacial score (nSPS) is 16.6. The van der Waals surface area contributed by atoms with E-state index >= 15 is 0 Å². The van der Waals surface area contributed by atoms with Crippen LogP contribution in [-0.2, 0) is 21.9 Å². The molecule has 0 aromatic heterocycles. The molecule has 1 fully saturated rings. The highest BCUT2D eigenvalue weighted by atomic mass is 16.7. The zero-order valence-electron chi connectivity index (χ0n) is 13.0. The molecule has 1 aliphatic rings. The molecule has 3 heteroatoms. The zero-order valence-corrected chi connectivity index (χ0v) is 13.0. The highest BCUT2D eigenvalue weighted by Crippen LogP contribution is 2.36. The first-order valence-electron chi connectivity index (χ1n) is 7.87. The molecule has 0 spiro atoms. The summed E-state index contributed by atoms with van der Waals surface area (Å²) in [7, 11) is 0. The van der Waals surface area contributed by atoms with Gasteiger partial charge in [-0.15, -0.1) is 0 Å². The van der Waals surface area contributed by atoms with Crippen molar-refractivity contribution < 1.29 is 14.2 Å². The van der Waals surface area contributed by atoms with Crippen molar-refractivity contribution >= 4 is 0 Å². The van der Waals surface area contributed by atoms with Gasteiger partial charge in [0.1, 0.15) is 12.4 Å². The van der Waals surface area contributed by atoms with Crippen molar-refractivity contribution in [3.63, 3.8) is 0 Å². The van der Waals surface area contributed by atoms with Crippen LogP contribution >= 0.6 is 0 Å². The quantitative estimate of drug-likeness (QED) is 0.797. The lowest BCUT2D eigenvalue weighted by Crippen LogP contribution is -2.26. The molecule has 22 heavy (non-hydrogen) atoms. The Morgan fingerprint density at radius 1 is 0.955 bits per heavy atom. The fraction of sp³-hybridized carbons (Fsp3) is 0.368. The lowest BCUT2D eigenvalue weighted by Gasteiger charge is -2.27. The Morgan fingerprint density at radius 2 is 1.64 bits per heavy atom. The summed E-state index contributed by atoms with van der Waals surface area (Å²) in [5.41, 5.74) is 2.23. The van der Waals surface area contributed by atoms with Crippen LogP contribution in [0, 0.1) is 0 Å². The lowest BCUT2D eigenvalue weighted by molar-refractivity contribution is -0.170. The Morgan fingerprint density at radius 3 is 2.27 bits per heavy atom. The van der Waals surface area contributed by atoms with E-state index in [9.17, 15) is 0 Å². The minimum absolute atomic E-state index is 0.563. The molecule has 1 aliphatic heterocycles. The van der Waals surface area contributed by atoms with Crippen molar-refractivity contribution in [1.82, 2.24) is 0 Å². The molecule has 0 radical (unpaired) electrons. The largest absolute Gasteiger partial charge is 0.489 e. The van der Waals surface area contributed by atoms with Gasteiger partial charge in [-0.05, 0) is 29.8 Å². The molecule has 0 unspecified atom stereocenters. The van der Waals surface area contributed by atoms with Gasteiger partial charge in [0.05, 0.1) is 13.2 Å². The summed E-state index contributed by atoms with van der Waals surface area (Å²) in [4.78, 5) is 0. The maximum Gasteiger partial charge on any atom is 0.194 e. The Hall–Kier alpha value is -1.84. The molecule has 1 saturated heterocycles. The van der Waals surface area contributed by atoms with Crippen LogP contribution in [0.1, 0.15) is 30.9 Å². The third kappa shape index (κ3) is 3.32. The Bertz CT molecular complexity index is 571. The molecule has 0 aliphatic carbocycles. The smallest absolute Gasteiger partial charge is 0.194 e. The molecule has 3 nitrogen and oxygen atoms in total. The average Bonchev–Trinajstić information content (AvgIpc) is 3.05. The predicted octanol–water partition coefficient (Wildman–Crippen LogP) is 4.27. The Balaban J connectivity index is 1.67. The number of rotatable bonds is 6. The van der Waals surface area contributed by atoms with Gasteiger partial charge in [-0.2, -0.15) is 0 Å². The van der Waals surface area contributed by atoms with E-state index in [1.807, 2.05) is 42.5 Å². The number of ether oxygens (including phenoxy) is 3. The first-order valence-corrected chi connectivity index (χ1v) is 7.87. The summed E-state index contributed by atoms with van der Waals surface area (Å²) in [6.07, 6.45) is 1.89. The van der Waals surface area contributed by atoms with Gasteiger partial charge in [-0.3, -0.25) is 0 Å². The maximum atomic E-state index is 5.87. The van der Waals surface area contributed by atoms with Crippen molar-refractivity contribution in [2.24, 2.45) is 0 Å². The molecule has 0 amide bonds. The van der Waals surface area contributed by atoms with Crippen LogP contribution in [0.2, 0.25) is 0 Å². The van der Waals surface area contributed by atoms with Crippen LogP contribution in [0.25, 0.3) is 0 Å². The molecule has 3 rings (SSSR count). The van der Waals surface area contributed by atoms with Gasteiger partial charge in [0.2, 0.25) is 0 Å². The standard InChI is InChI=1S/C19H22O3/c1-2-12-19(21-13-14-22-19)17-8-10-18(11-9-17)20-15-16-6-4-3-5-7-16/h3-11H,2,12-15H2,1H3. The fourth-order valence-corrected chi connectivity index (χ4v) is 2.79. The molecule has 0 atom stereocenters. The summed E-state index contributed by atoms with van der Waals surface area (Å²) in [6.45, 7) is 4.04. The first-order chi connectivity index (χ1) is 10.8. The van der Waals surface area contributed by atoms with Crippen LogP contribution in [0.3, 0.4) is 0 Å². The maximum absolute atomic E-state index is 5.87. The second-order valence-electron chi connectivity index (χ2n) is 5.50. The van der Waals surface area contributed by atoms with Crippen molar-refractivity contribution in [3.8, 4) is 5.75 Å². The van der Waals surface area contributed by atoms with E-state index in [2.05, 4.69) is 19.1 Å². The summed E-state index contributed by atoms with van der Waals surface area (Å²) in [6, 6.07) is 18.2. The fourth-order valence-electron chi connectivity index (χ4n) is 2.79. The van der Waals surface area contributed by atoms with Crippen molar-refractivity contribution in [2.75, 3.05) is 13.2 Å². The second-order valence-corrected chi connectivity index (χ2v) is 5.50. The first kappa shape index (κ1) is 15.1. The highest BCUT2D eigenvalue weighted by molar-refractivity contribution is 5.30. The average molecular weight is 298 g/mol. The van der Waals surface area contributed by atoms with Gasteiger partial charge in [0, 0.05) is 12.0 Å². The van der Waals surface area contributed by atoms with Gasteiger partial charge in [0.25, 0.3) is 0 Å². The predicted molar refractivity (Wildman–Crippen MR) is 85.7 cm³/mol. The van der Waals surface area contributed by atoms with Crippen molar-refractivity contribution in [1.29, 1.82) is 0 Å². The lowest BCUT2D eigenvalue weighted by atomic mass is 10.0. The highest BCUT2D eigenvalue weighted by Gasteiger charge is 2.37. The molecule has 0 bridgehead atoms. The van der Waals surface area contributed by atoms with Crippen LogP contribution in [0.15, 0.2) is 54.6 Å². The number of hydrogen-bond donors (Lipinski definition) is 0. The molecule has 0 saturated carbocycles. The van der Waals surface area contributed by atoms with Crippen LogP contribution in [0.4, 0.5) is 0 Å². The van der Waals surface area contributed by atoms with Crippen LogP contribution in [-0.4, -0.2) is 13.2 Å². The topological polar surface area (TPSA) is 27.7 Å². The van der Waals surface area contributed by atoms with Crippen molar-refractivity contribution in [3.05, 3.63) is 65.7 Å². The third-order valence-electron chi connectivity index (χ3n) is 3.88. The summed E-state index contributed by atoms with van der Waals surface area (Å²) >= 11 is 0. The van der Waals surface area contributed by atoms with E-state index < -0.39 is 5.79 Å². The van der Waals surface area contributed by atoms with Gasteiger partial charge < -0.3 is 14.2 Å². The van der Waals surface area contributed by atoms with Gasteiger partial charge in [0.15, 0.2) is 5.79 Å². The minimum atomic E-state index is -0.563. The minimum Gasteiger partial charge on any atom is -0.489 e. The van der Waals surface area contributed by atoms with Crippen LogP contribution < -0.4 is 4.74 Å². The zero-order chi connectivity index (χ0) is 15.3. The van der Waals surface area contributed by atoms with E-state index in [1.165, 1.54) is 0 Å². The van der Waals surface area contributed by atoms with E-state index in [4.69, 9.17) is 14.2 Å². The Labute approximate surface area is 131 Å². The second kappa shape index (κ2) is 6.95. The summed E-state index contributed by atoms with van der Waals surface area (Å²) in [5, 5.41) is 0. The van der Waals surface area contributed by atoms with Crippen LogP contribution in [0.5, 0.6) is 5.75 Å². The van der Waals surface area contributed by atoms with E-state index in [-0.39, 0.29) is 0 Å². The number of benzene rings is 2. The van der Waals surface area contributed by atoms with Crippen molar-refractivity contribution in [2.45, 2.75) is 32.2 Å².